The van der Waals surface area contributed by atoms with Gasteiger partial charge in [0, 0.05) is 6.07 Å². The van der Waals surface area contributed by atoms with Crippen molar-refractivity contribution in [3.05, 3.63) is 72.1 Å². The van der Waals surface area contributed by atoms with Crippen molar-refractivity contribution in [3.63, 3.8) is 0 Å². The van der Waals surface area contributed by atoms with Crippen LogP contribution in [0.2, 0.25) is 0 Å². The minimum absolute atomic E-state index is 0.958. The van der Waals surface area contributed by atoms with E-state index in [1.165, 1.54) is 11.4 Å². The molecule has 134 valence electrons. The third-order valence-corrected chi connectivity index (χ3v) is 3.88. The van der Waals surface area contributed by atoms with Gasteiger partial charge in [-0.05, 0) is 38.1 Å². The largest absolute Gasteiger partial charge is 0.409 e. The van der Waals surface area contributed by atoms with Gasteiger partial charge in [0.2, 0.25) is 0 Å². The second-order valence-electron chi connectivity index (χ2n) is 5.71. The molecule has 4 aromatic rings. The number of imidazole rings is 1. The summed E-state index contributed by atoms with van der Waals surface area (Å²) in [5.74, 6) is 0.958. The van der Waals surface area contributed by atoms with Crippen molar-refractivity contribution in [3.8, 4) is 5.69 Å². The van der Waals surface area contributed by atoms with Crippen LogP contribution in [0.5, 0.6) is 0 Å². The van der Waals surface area contributed by atoms with Crippen molar-refractivity contribution in [2.75, 3.05) is 0 Å². The molecule has 0 N–H and O–H groups in total. The molecule has 0 unspecified atom stereocenters. The molecule has 0 saturated carbocycles. The highest BCUT2D eigenvalue weighted by molar-refractivity contribution is 5.79. The van der Waals surface area contributed by atoms with E-state index in [1.54, 1.807) is 0 Å². The van der Waals surface area contributed by atoms with E-state index in [2.05, 4.69) is 71.3 Å². The first-order chi connectivity index (χ1) is 12.3. The molecule has 4 rings (SSSR count). The lowest BCUT2D eigenvalue weighted by Crippen LogP contribution is -2.68. The van der Waals surface area contributed by atoms with Gasteiger partial charge in [-0.1, -0.05) is 35.3 Å². The normalized spacial score (nSPS) is 11.5. The third-order valence-electron chi connectivity index (χ3n) is 3.88. The highest BCUT2D eigenvalue weighted by Crippen LogP contribution is 2.18. The van der Waals surface area contributed by atoms with E-state index in [1.807, 2.05) is 12.1 Å². The molecule has 2 heterocycles. The van der Waals surface area contributed by atoms with Crippen LogP contribution in [-0.2, 0) is 0 Å². The van der Waals surface area contributed by atoms with Gasteiger partial charge in [0.05, 0.1) is 11.4 Å². The predicted octanol–water partition coefficient (Wildman–Crippen LogP) is -1.37. The topological polar surface area (TPSA) is 113 Å². The molecule has 0 aliphatic carbocycles. The first kappa shape index (κ1) is 18.2. The summed E-state index contributed by atoms with van der Waals surface area (Å²) in [5, 5.41) is 0. The summed E-state index contributed by atoms with van der Waals surface area (Å²) in [7, 11) is -4.94. The van der Waals surface area contributed by atoms with Gasteiger partial charge in [0.1, 0.15) is 11.2 Å². The second kappa shape index (κ2) is 6.99. The van der Waals surface area contributed by atoms with Crippen molar-refractivity contribution in [2.24, 2.45) is 0 Å². The summed E-state index contributed by atoms with van der Waals surface area (Å²) in [6, 6.07) is 20.8. The van der Waals surface area contributed by atoms with Crippen LogP contribution in [0, 0.1) is 24.1 Å². The lowest BCUT2D eigenvalue weighted by atomic mass is 10.2. The fourth-order valence-corrected chi connectivity index (χ4v) is 3.00. The number of hydrogen-bond donors (Lipinski definition) is 0. The number of para-hydroxylation sites is 3. The average Bonchev–Trinajstić information content (AvgIpc) is 2.93. The zero-order chi connectivity index (χ0) is 18.9. The van der Waals surface area contributed by atoms with E-state index in [0.29, 0.717) is 0 Å². The molecule has 0 aliphatic heterocycles. The zero-order valence-corrected chi connectivity index (χ0v) is 14.9. The fraction of sp³-hybridized carbons (Fsp3) is 0.111. The quantitative estimate of drug-likeness (QED) is 0.382. The maximum atomic E-state index is 8.49. The first-order valence-electron chi connectivity index (χ1n) is 7.72. The van der Waals surface area contributed by atoms with Crippen LogP contribution in [-0.4, -0.2) is 9.38 Å². The van der Waals surface area contributed by atoms with Gasteiger partial charge in [0.15, 0.2) is 5.52 Å². The van der Waals surface area contributed by atoms with Gasteiger partial charge in [-0.3, -0.25) is 0 Å². The summed E-state index contributed by atoms with van der Waals surface area (Å²) in [4.78, 5) is 4.84. The van der Waals surface area contributed by atoms with Gasteiger partial charge < -0.3 is 0 Å². The van der Waals surface area contributed by atoms with Gasteiger partial charge >= 0.3 is 5.78 Å². The van der Waals surface area contributed by atoms with Crippen LogP contribution in [0.4, 0.5) is 0 Å². The molecule has 0 fully saturated rings. The average molecular weight is 374 g/mol. The van der Waals surface area contributed by atoms with Crippen LogP contribution in [0.15, 0.2) is 60.7 Å². The number of aryl methyl sites for hydroxylation is 2. The Bertz CT molecular complexity index is 1050. The minimum atomic E-state index is -4.94. The standard InChI is InChI=1S/C18H16N3.ClHO4/c1-13-12-14(2)21-17-11-7-6-10-16(17)19-18(21)20(13)15-8-4-3-5-9-15;2-1(3,4)5/h3-12H,1-2H3;(H,2,3,4,5)/q+1;/p-1. The van der Waals surface area contributed by atoms with Crippen molar-refractivity contribution in [1.29, 1.82) is 0 Å². The zero-order valence-electron chi connectivity index (χ0n) is 14.1. The smallest absolute Gasteiger partial charge is 0.222 e. The van der Waals surface area contributed by atoms with Gasteiger partial charge in [-0.25, -0.2) is 18.6 Å². The van der Waals surface area contributed by atoms with Crippen molar-refractivity contribution in [2.45, 2.75) is 13.8 Å². The molecular formula is C18H16ClN3O4. The molecule has 2 aromatic carbocycles. The predicted molar refractivity (Wildman–Crippen MR) is 83.7 cm³/mol. The molecule has 0 atom stereocenters. The summed E-state index contributed by atoms with van der Waals surface area (Å²) in [6.45, 7) is 4.25. The molecule has 0 bridgehead atoms. The molecule has 8 heteroatoms. The number of aromatic nitrogens is 3. The summed E-state index contributed by atoms with van der Waals surface area (Å²) in [5.41, 5.74) is 5.69. The highest BCUT2D eigenvalue weighted by atomic mass is 35.7. The Kier molecular flexibility index (Phi) is 4.90. The summed E-state index contributed by atoms with van der Waals surface area (Å²) >= 11 is 0. The Morgan fingerprint density at radius 1 is 0.885 bits per heavy atom. The van der Waals surface area contributed by atoms with E-state index < -0.39 is 10.2 Å². The number of halogens is 1. The van der Waals surface area contributed by atoms with Gasteiger partial charge in [-0.2, -0.15) is 8.97 Å². The van der Waals surface area contributed by atoms with Crippen molar-refractivity contribution in [1.82, 2.24) is 9.38 Å². The third kappa shape index (κ3) is 3.82. The molecule has 7 nitrogen and oxygen atoms in total. The second-order valence-corrected chi connectivity index (χ2v) is 6.47. The van der Waals surface area contributed by atoms with Gasteiger partial charge in [-0.15, -0.1) is 10.2 Å². The van der Waals surface area contributed by atoms with E-state index >= 15 is 0 Å². The molecule has 0 amide bonds. The SMILES string of the molecule is Cc1cc(C)[n+](-c2ccccc2)c2nc3ccccc3n12.[O-][Cl+3]([O-])([O-])[O-]. The maximum absolute atomic E-state index is 8.49. The maximum Gasteiger partial charge on any atom is 0.409 e. The Hall–Kier alpha value is -2.55. The van der Waals surface area contributed by atoms with Crippen molar-refractivity contribution < 1.29 is 33.4 Å². The monoisotopic (exact) mass is 373 g/mol. The van der Waals surface area contributed by atoms with Gasteiger partial charge in [0.25, 0.3) is 0 Å². The van der Waals surface area contributed by atoms with E-state index in [9.17, 15) is 0 Å². The number of hydrogen-bond acceptors (Lipinski definition) is 5. The Balaban J connectivity index is 0.000000349. The van der Waals surface area contributed by atoms with E-state index in [0.717, 1.165) is 22.5 Å². The molecular weight excluding hydrogens is 358 g/mol. The lowest BCUT2D eigenvalue weighted by Gasteiger charge is -2.17. The Morgan fingerprint density at radius 3 is 2.12 bits per heavy atom. The molecule has 0 radical (unpaired) electrons. The molecule has 0 saturated heterocycles. The number of fused-ring (bicyclic) bond motifs is 3. The van der Waals surface area contributed by atoms with Crippen LogP contribution < -0.4 is 23.2 Å². The summed E-state index contributed by atoms with van der Waals surface area (Å²) < 4.78 is 38.4. The number of benzene rings is 2. The van der Waals surface area contributed by atoms with E-state index in [4.69, 9.17) is 23.6 Å². The molecule has 0 aliphatic rings. The number of nitrogens with zero attached hydrogens (tertiary/aromatic N) is 3. The van der Waals surface area contributed by atoms with Crippen LogP contribution >= 0.6 is 0 Å². The molecule has 26 heavy (non-hydrogen) atoms. The summed E-state index contributed by atoms with van der Waals surface area (Å²) in [6.07, 6.45) is 0. The molecule has 2 aromatic heterocycles. The lowest BCUT2D eigenvalue weighted by molar-refractivity contribution is -2.00. The minimum Gasteiger partial charge on any atom is -0.222 e. The first-order valence-corrected chi connectivity index (χ1v) is 8.96. The molecule has 0 spiro atoms. The van der Waals surface area contributed by atoms with Crippen LogP contribution in [0.3, 0.4) is 0 Å². The van der Waals surface area contributed by atoms with Crippen LogP contribution in [0.25, 0.3) is 22.5 Å². The Morgan fingerprint density at radius 2 is 1.46 bits per heavy atom. The van der Waals surface area contributed by atoms with Crippen molar-refractivity contribution >= 4 is 16.8 Å². The fourth-order valence-electron chi connectivity index (χ4n) is 3.00. The number of rotatable bonds is 1. The van der Waals surface area contributed by atoms with E-state index in [-0.39, 0.29) is 0 Å². The Labute approximate surface area is 151 Å². The highest BCUT2D eigenvalue weighted by Gasteiger charge is 2.21. The van der Waals surface area contributed by atoms with Crippen LogP contribution in [0.1, 0.15) is 11.4 Å².